The smallest absolute Gasteiger partial charge is 0.355 e. The molecule has 1 saturated heterocycles. The van der Waals surface area contributed by atoms with Gasteiger partial charge in [0.2, 0.25) is 5.91 Å². The number of aryl methyl sites for hydroxylation is 1. The number of amides is 1. The van der Waals surface area contributed by atoms with E-state index in [1.165, 1.54) is 12.1 Å². The van der Waals surface area contributed by atoms with Gasteiger partial charge in [-0.05, 0) is 31.4 Å². The first-order valence-corrected chi connectivity index (χ1v) is 8.54. The first-order chi connectivity index (χ1) is 12.3. The summed E-state index contributed by atoms with van der Waals surface area (Å²) in [5.41, 5.74) is 0.628. The second kappa shape index (κ2) is 7.39. The van der Waals surface area contributed by atoms with Gasteiger partial charge < -0.3 is 10.2 Å². The number of rotatable bonds is 4. The molecule has 1 fully saturated rings. The molecule has 1 amide bonds. The fraction of sp³-hybridized carbons (Fsp3) is 0.444. The van der Waals surface area contributed by atoms with Crippen molar-refractivity contribution >= 4 is 11.7 Å². The fourth-order valence-electron chi connectivity index (χ4n) is 3.14. The minimum Gasteiger partial charge on any atom is -0.355 e. The predicted octanol–water partition coefficient (Wildman–Crippen LogP) is 3.06. The van der Waals surface area contributed by atoms with E-state index in [4.69, 9.17) is 0 Å². The van der Waals surface area contributed by atoms with Crippen molar-refractivity contribution in [1.29, 1.82) is 0 Å². The summed E-state index contributed by atoms with van der Waals surface area (Å²) in [6.07, 6.45) is -2.90. The number of piperidine rings is 1. The van der Waals surface area contributed by atoms with E-state index in [0.29, 0.717) is 5.56 Å². The number of hydrogen-bond acceptors (Lipinski definition) is 3. The summed E-state index contributed by atoms with van der Waals surface area (Å²) < 4.78 is 38.2. The van der Waals surface area contributed by atoms with Gasteiger partial charge in [0, 0.05) is 30.9 Å². The Labute approximate surface area is 149 Å². The van der Waals surface area contributed by atoms with Crippen molar-refractivity contribution in [3.63, 3.8) is 0 Å². The molecular formula is C18H21F3N4O. The van der Waals surface area contributed by atoms with Crippen LogP contribution in [0.5, 0.6) is 0 Å². The van der Waals surface area contributed by atoms with Gasteiger partial charge in [0.15, 0.2) is 5.82 Å². The van der Waals surface area contributed by atoms with Crippen LogP contribution in [0.2, 0.25) is 0 Å². The Hall–Kier alpha value is -2.51. The summed E-state index contributed by atoms with van der Waals surface area (Å²) in [4.78, 5) is 14.3. The van der Waals surface area contributed by atoms with Crippen LogP contribution in [-0.2, 0) is 17.4 Å². The molecule has 0 aliphatic carbocycles. The number of carbonyl (C=O) groups excluding carboxylic acids is 1. The average Bonchev–Trinajstić information content (AvgIpc) is 3.01. The van der Waals surface area contributed by atoms with E-state index < -0.39 is 11.7 Å². The van der Waals surface area contributed by atoms with Crippen molar-refractivity contribution < 1.29 is 18.0 Å². The van der Waals surface area contributed by atoms with Crippen LogP contribution in [0.15, 0.2) is 30.3 Å². The number of alkyl halides is 3. The molecule has 1 aromatic carbocycles. The van der Waals surface area contributed by atoms with Crippen LogP contribution in [0.1, 0.15) is 29.7 Å². The normalized spacial score (nSPS) is 15.9. The molecule has 1 aliphatic rings. The van der Waals surface area contributed by atoms with Crippen LogP contribution in [0.3, 0.4) is 0 Å². The van der Waals surface area contributed by atoms with Gasteiger partial charge in [-0.1, -0.05) is 18.2 Å². The Morgan fingerprint density at radius 1 is 1.31 bits per heavy atom. The van der Waals surface area contributed by atoms with Gasteiger partial charge in [0.05, 0.1) is 12.0 Å². The maximum absolute atomic E-state index is 12.7. The standard InChI is InChI=1S/C18H21F3N4O/c1-12-9-16(24-23-12)25-7-5-15(6-8-25)22-17(26)11-13-3-2-4-14(10-13)18(19,20)21/h2-4,9-10,15H,5-8,11H2,1H3,(H,22,26)(H,23,24). The third-order valence-electron chi connectivity index (χ3n) is 4.50. The molecule has 2 N–H and O–H groups in total. The van der Waals surface area contributed by atoms with Crippen molar-refractivity contribution in [2.75, 3.05) is 18.0 Å². The second-order valence-corrected chi connectivity index (χ2v) is 6.61. The van der Waals surface area contributed by atoms with Gasteiger partial charge in [0.1, 0.15) is 0 Å². The molecule has 0 atom stereocenters. The first-order valence-electron chi connectivity index (χ1n) is 8.54. The van der Waals surface area contributed by atoms with E-state index in [0.717, 1.165) is 49.6 Å². The lowest BCUT2D eigenvalue weighted by atomic mass is 10.0. The molecule has 8 heteroatoms. The van der Waals surface area contributed by atoms with E-state index in [1.807, 2.05) is 13.0 Å². The van der Waals surface area contributed by atoms with Gasteiger partial charge in [0.25, 0.3) is 0 Å². The maximum atomic E-state index is 12.7. The van der Waals surface area contributed by atoms with Gasteiger partial charge in [-0.25, -0.2) is 0 Å². The van der Waals surface area contributed by atoms with E-state index >= 15 is 0 Å². The van der Waals surface area contributed by atoms with Crippen molar-refractivity contribution in [3.8, 4) is 0 Å². The number of hydrogen-bond donors (Lipinski definition) is 2. The molecule has 1 aliphatic heterocycles. The molecule has 2 heterocycles. The largest absolute Gasteiger partial charge is 0.416 e. The molecule has 3 rings (SSSR count). The molecule has 0 radical (unpaired) electrons. The Kier molecular flexibility index (Phi) is 5.20. The summed E-state index contributed by atoms with van der Waals surface area (Å²) in [5, 5.41) is 10.1. The number of aromatic nitrogens is 2. The molecule has 0 unspecified atom stereocenters. The summed E-state index contributed by atoms with van der Waals surface area (Å²) in [6, 6.07) is 6.92. The van der Waals surface area contributed by atoms with Crippen LogP contribution < -0.4 is 10.2 Å². The Morgan fingerprint density at radius 2 is 2.04 bits per heavy atom. The Bertz CT molecular complexity index is 764. The molecule has 1 aromatic heterocycles. The van der Waals surface area contributed by atoms with Gasteiger partial charge in [-0.3, -0.25) is 9.89 Å². The minimum atomic E-state index is -4.40. The number of H-pyrrole nitrogens is 1. The highest BCUT2D eigenvalue weighted by molar-refractivity contribution is 5.79. The summed E-state index contributed by atoms with van der Waals surface area (Å²) in [6.45, 7) is 3.49. The van der Waals surface area contributed by atoms with E-state index in [2.05, 4.69) is 20.4 Å². The molecule has 0 bridgehead atoms. The van der Waals surface area contributed by atoms with E-state index in [-0.39, 0.29) is 18.4 Å². The predicted molar refractivity (Wildman–Crippen MR) is 91.9 cm³/mol. The molecule has 0 spiro atoms. The lowest BCUT2D eigenvalue weighted by Crippen LogP contribution is -2.45. The number of nitrogens with one attached hydrogen (secondary N) is 2. The minimum absolute atomic E-state index is 0.0320. The average molecular weight is 366 g/mol. The first kappa shape index (κ1) is 18.3. The second-order valence-electron chi connectivity index (χ2n) is 6.61. The number of aromatic amines is 1. The Balaban J connectivity index is 1.50. The van der Waals surface area contributed by atoms with Gasteiger partial charge in [-0.2, -0.15) is 18.3 Å². The summed E-state index contributed by atoms with van der Waals surface area (Å²) in [7, 11) is 0. The molecule has 0 saturated carbocycles. The zero-order valence-electron chi connectivity index (χ0n) is 14.4. The number of benzene rings is 1. The van der Waals surface area contributed by atoms with Crippen LogP contribution >= 0.6 is 0 Å². The lowest BCUT2D eigenvalue weighted by molar-refractivity contribution is -0.137. The molecule has 140 valence electrons. The fourth-order valence-corrected chi connectivity index (χ4v) is 3.14. The van der Waals surface area contributed by atoms with E-state index in [9.17, 15) is 18.0 Å². The molecule has 5 nitrogen and oxygen atoms in total. The highest BCUT2D eigenvalue weighted by Crippen LogP contribution is 2.29. The SMILES string of the molecule is Cc1cc(N2CCC(NC(=O)Cc3cccc(C(F)(F)F)c3)CC2)n[nH]1. The Morgan fingerprint density at radius 3 is 2.65 bits per heavy atom. The third kappa shape index (κ3) is 4.56. The zero-order chi connectivity index (χ0) is 18.7. The van der Waals surface area contributed by atoms with Crippen molar-refractivity contribution in [3.05, 3.63) is 47.2 Å². The highest BCUT2D eigenvalue weighted by atomic mass is 19.4. The van der Waals surface area contributed by atoms with Gasteiger partial charge >= 0.3 is 6.18 Å². The van der Waals surface area contributed by atoms with Crippen molar-refractivity contribution in [1.82, 2.24) is 15.5 Å². The quantitative estimate of drug-likeness (QED) is 0.874. The van der Waals surface area contributed by atoms with Crippen LogP contribution in [0.4, 0.5) is 19.0 Å². The molecule has 2 aromatic rings. The highest BCUT2D eigenvalue weighted by Gasteiger charge is 2.30. The third-order valence-corrected chi connectivity index (χ3v) is 4.50. The zero-order valence-corrected chi connectivity index (χ0v) is 14.4. The molecule has 26 heavy (non-hydrogen) atoms. The van der Waals surface area contributed by atoms with E-state index in [1.54, 1.807) is 0 Å². The van der Waals surface area contributed by atoms with Crippen LogP contribution in [0, 0.1) is 6.92 Å². The summed E-state index contributed by atoms with van der Waals surface area (Å²) in [5.74, 6) is 0.648. The summed E-state index contributed by atoms with van der Waals surface area (Å²) >= 11 is 0. The van der Waals surface area contributed by atoms with Gasteiger partial charge in [-0.15, -0.1) is 0 Å². The van der Waals surface area contributed by atoms with Crippen molar-refractivity contribution in [2.45, 2.75) is 38.4 Å². The number of nitrogens with zero attached hydrogens (tertiary/aromatic N) is 2. The van der Waals surface area contributed by atoms with Crippen LogP contribution in [-0.4, -0.2) is 35.2 Å². The lowest BCUT2D eigenvalue weighted by Gasteiger charge is -2.32. The number of halogens is 3. The monoisotopic (exact) mass is 366 g/mol. The topological polar surface area (TPSA) is 61.0 Å². The van der Waals surface area contributed by atoms with Crippen LogP contribution in [0.25, 0.3) is 0 Å². The molecular weight excluding hydrogens is 345 g/mol. The maximum Gasteiger partial charge on any atom is 0.416 e. The number of carbonyl (C=O) groups is 1. The van der Waals surface area contributed by atoms with Crippen molar-refractivity contribution in [2.24, 2.45) is 0 Å². The number of anilines is 1.